The normalized spacial score (nSPS) is 17.1. The molecule has 28 heavy (non-hydrogen) atoms. The Morgan fingerprint density at radius 1 is 1.32 bits per heavy atom. The summed E-state index contributed by atoms with van der Waals surface area (Å²) >= 11 is 0. The third kappa shape index (κ3) is 5.92. The van der Waals surface area contributed by atoms with Gasteiger partial charge in [-0.1, -0.05) is 13.3 Å². The maximum absolute atomic E-state index is 4.86. The molecule has 1 aliphatic rings. The zero-order valence-electron chi connectivity index (χ0n) is 17.4. The summed E-state index contributed by atoms with van der Waals surface area (Å²) in [5, 5.41) is 16.2. The van der Waals surface area contributed by atoms with Gasteiger partial charge in [0.25, 0.3) is 0 Å². The first-order chi connectivity index (χ1) is 13.1. The second kappa shape index (κ2) is 10.8. The van der Waals surface area contributed by atoms with E-state index in [0.717, 1.165) is 50.1 Å². The molecule has 2 aromatic rings. The van der Waals surface area contributed by atoms with Crippen LogP contribution < -0.4 is 5.32 Å². The van der Waals surface area contributed by atoms with Crippen molar-refractivity contribution in [2.24, 2.45) is 25.0 Å². The molecule has 0 spiro atoms. The van der Waals surface area contributed by atoms with Gasteiger partial charge < -0.3 is 14.8 Å². The minimum atomic E-state index is 0. The van der Waals surface area contributed by atoms with Crippen molar-refractivity contribution in [3.8, 4) is 0 Å². The van der Waals surface area contributed by atoms with Crippen LogP contribution in [0.3, 0.4) is 0 Å². The predicted molar refractivity (Wildman–Crippen MR) is 122 cm³/mol. The van der Waals surface area contributed by atoms with Crippen molar-refractivity contribution in [2.45, 2.75) is 46.1 Å². The maximum Gasteiger partial charge on any atom is 0.194 e. The molecular weight excluding hydrogens is 467 g/mol. The van der Waals surface area contributed by atoms with E-state index in [4.69, 9.17) is 4.99 Å². The topological polar surface area (TPSA) is 76.2 Å². The van der Waals surface area contributed by atoms with Gasteiger partial charge in [0.1, 0.15) is 12.4 Å². The second-order valence-corrected chi connectivity index (χ2v) is 7.47. The van der Waals surface area contributed by atoms with Gasteiger partial charge in [0.15, 0.2) is 11.8 Å². The fourth-order valence-electron chi connectivity index (χ4n) is 3.48. The average Bonchev–Trinajstić information content (AvgIpc) is 3.35. The molecule has 1 fully saturated rings. The molecule has 2 aromatic heterocycles. The van der Waals surface area contributed by atoms with Crippen LogP contribution in [0.15, 0.2) is 17.4 Å². The molecule has 8 nitrogen and oxygen atoms in total. The molecule has 1 unspecified atom stereocenters. The van der Waals surface area contributed by atoms with Gasteiger partial charge in [-0.2, -0.15) is 5.10 Å². The quantitative estimate of drug-likeness (QED) is 0.273. The molecule has 3 rings (SSSR count). The Hall–Kier alpha value is -1.65. The SMILES string of the molecule is CCCCNC(=NCc1nnc(C)n1C)N1CCC(Cc2cnn(C)c2)C1.I. The number of unbranched alkanes of at least 4 members (excludes halogenated alkanes) is 1. The minimum Gasteiger partial charge on any atom is -0.356 e. The van der Waals surface area contributed by atoms with Crippen molar-refractivity contribution in [3.63, 3.8) is 0 Å². The molecule has 9 heteroatoms. The van der Waals surface area contributed by atoms with Crippen molar-refractivity contribution < 1.29 is 0 Å². The van der Waals surface area contributed by atoms with E-state index in [0.29, 0.717) is 12.5 Å². The molecule has 0 aliphatic carbocycles. The molecule has 0 amide bonds. The molecule has 1 N–H and O–H groups in total. The first-order valence-corrected chi connectivity index (χ1v) is 9.92. The van der Waals surface area contributed by atoms with Gasteiger partial charge in [0.2, 0.25) is 0 Å². The van der Waals surface area contributed by atoms with Gasteiger partial charge in [-0.3, -0.25) is 4.68 Å². The van der Waals surface area contributed by atoms with E-state index >= 15 is 0 Å². The van der Waals surface area contributed by atoms with Crippen LogP contribution in [0.1, 0.15) is 43.4 Å². The lowest BCUT2D eigenvalue weighted by Crippen LogP contribution is -2.40. The lowest BCUT2D eigenvalue weighted by atomic mass is 10.0. The summed E-state index contributed by atoms with van der Waals surface area (Å²) < 4.78 is 3.88. The Morgan fingerprint density at radius 2 is 2.14 bits per heavy atom. The van der Waals surface area contributed by atoms with E-state index in [1.807, 2.05) is 36.5 Å². The van der Waals surface area contributed by atoms with Crippen molar-refractivity contribution in [1.29, 1.82) is 0 Å². The third-order valence-corrected chi connectivity index (χ3v) is 5.23. The Bertz CT molecular complexity index is 766. The largest absolute Gasteiger partial charge is 0.356 e. The van der Waals surface area contributed by atoms with Crippen LogP contribution in [0, 0.1) is 12.8 Å². The fraction of sp³-hybridized carbons (Fsp3) is 0.684. The van der Waals surface area contributed by atoms with Crippen LogP contribution >= 0.6 is 24.0 Å². The van der Waals surface area contributed by atoms with Crippen LogP contribution in [-0.4, -0.2) is 55.0 Å². The fourth-order valence-corrected chi connectivity index (χ4v) is 3.48. The molecule has 156 valence electrons. The summed E-state index contributed by atoms with van der Waals surface area (Å²) in [5.41, 5.74) is 1.32. The van der Waals surface area contributed by atoms with Gasteiger partial charge >= 0.3 is 0 Å². The highest BCUT2D eigenvalue weighted by Crippen LogP contribution is 2.21. The summed E-state index contributed by atoms with van der Waals surface area (Å²) in [7, 11) is 3.96. The highest BCUT2D eigenvalue weighted by molar-refractivity contribution is 14.0. The average molecular weight is 500 g/mol. The van der Waals surface area contributed by atoms with Crippen LogP contribution in [-0.2, 0) is 27.1 Å². The van der Waals surface area contributed by atoms with Gasteiger partial charge in [0, 0.05) is 39.9 Å². The number of guanidine groups is 1. The lowest BCUT2D eigenvalue weighted by molar-refractivity contribution is 0.457. The van der Waals surface area contributed by atoms with Crippen molar-refractivity contribution in [3.05, 3.63) is 29.6 Å². The molecule has 0 bridgehead atoms. The summed E-state index contributed by atoms with van der Waals surface area (Å²) in [6, 6.07) is 0. The third-order valence-electron chi connectivity index (χ3n) is 5.23. The molecule has 1 aliphatic heterocycles. The summed E-state index contributed by atoms with van der Waals surface area (Å²) in [6.07, 6.45) is 8.68. The van der Waals surface area contributed by atoms with Crippen LogP contribution in [0.4, 0.5) is 0 Å². The van der Waals surface area contributed by atoms with E-state index in [9.17, 15) is 0 Å². The summed E-state index contributed by atoms with van der Waals surface area (Å²) in [5.74, 6) is 3.45. The standard InChI is InChI=1S/C19H32N8.HI/c1-5-6-8-20-19(21-12-18-24-23-15(2)26(18)4)27-9-7-16(14-27)10-17-11-22-25(3)13-17;/h11,13,16H,5-10,12,14H2,1-4H3,(H,20,21);1H. The number of nitrogens with zero attached hydrogens (tertiary/aromatic N) is 7. The van der Waals surface area contributed by atoms with E-state index in [1.54, 1.807) is 0 Å². The Labute approximate surface area is 184 Å². The van der Waals surface area contributed by atoms with Crippen LogP contribution in [0.5, 0.6) is 0 Å². The monoisotopic (exact) mass is 500 g/mol. The molecule has 1 saturated heterocycles. The first kappa shape index (κ1) is 22.6. The van der Waals surface area contributed by atoms with E-state index in [2.05, 4.69) is 38.6 Å². The summed E-state index contributed by atoms with van der Waals surface area (Å²) in [4.78, 5) is 7.25. The predicted octanol–water partition coefficient (Wildman–Crippen LogP) is 2.29. The van der Waals surface area contributed by atoms with E-state index < -0.39 is 0 Å². The van der Waals surface area contributed by atoms with Gasteiger partial charge in [-0.15, -0.1) is 34.2 Å². The highest BCUT2D eigenvalue weighted by atomic mass is 127. The van der Waals surface area contributed by atoms with E-state index in [1.165, 1.54) is 18.4 Å². The number of nitrogens with one attached hydrogen (secondary N) is 1. The van der Waals surface area contributed by atoms with Gasteiger partial charge in [0.05, 0.1) is 6.20 Å². The number of hydrogen-bond donors (Lipinski definition) is 1. The number of aromatic nitrogens is 5. The second-order valence-electron chi connectivity index (χ2n) is 7.47. The maximum atomic E-state index is 4.86. The molecule has 0 aromatic carbocycles. The molecule has 0 saturated carbocycles. The molecule has 0 radical (unpaired) electrons. The van der Waals surface area contributed by atoms with Crippen LogP contribution in [0.2, 0.25) is 0 Å². The first-order valence-electron chi connectivity index (χ1n) is 9.92. The number of aliphatic imine (C=N–C) groups is 1. The zero-order chi connectivity index (χ0) is 19.2. The number of aryl methyl sites for hydroxylation is 2. The van der Waals surface area contributed by atoms with Crippen molar-refractivity contribution >= 4 is 29.9 Å². The lowest BCUT2D eigenvalue weighted by Gasteiger charge is -2.22. The van der Waals surface area contributed by atoms with Crippen molar-refractivity contribution in [1.82, 2.24) is 34.8 Å². The number of rotatable bonds is 7. The number of likely N-dealkylation sites (tertiary alicyclic amines) is 1. The summed E-state index contributed by atoms with van der Waals surface area (Å²) in [6.45, 7) is 7.75. The smallest absolute Gasteiger partial charge is 0.194 e. The van der Waals surface area contributed by atoms with Crippen molar-refractivity contribution in [2.75, 3.05) is 19.6 Å². The zero-order valence-corrected chi connectivity index (χ0v) is 19.8. The minimum absolute atomic E-state index is 0. The Kier molecular flexibility index (Phi) is 8.71. The molecule has 3 heterocycles. The molecule has 1 atom stereocenters. The molecular formula is C19H33IN8. The number of halogens is 1. The van der Waals surface area contributed by atoms with Gasteiger partial charge in [-0.25, -0.2) is 4.99 Å². The van der Waals surface area contributed by atoms with E-state index in [-0.39, 0.29) is 24.0 Å². The Morgan fingerprint density at radius 3 is 2.79 bits per heavy atom. The van der Waals surface area contributed by atoms with Gasteiger partial charge in [-0.05, 0) is 37.7 Å². The number of hydrogen-bond acceptors (Lipinski definition) is 4. The Balaban J connectivity index is 0.00000280. The van der Waals surface area contributed by atoms with Crippen LogP contribution in [0.25, 0.3) is 0 Å². The highest BCUT2D eigenvalue weighted by Gasteiger charge is 2.25.